The molecule has 1 aliphatic rings. The maximum atomic E-state index is 12.0. The molecule has 0 aliphatic carbocycles. The van der Waals surface area contributed by atoms with E-state index >= 15 is 0 Å². The van der Waals surface area contributed by atoms with Crippen molar-refractivity contribution in [3.05, 3.63) is 39.9 Å². The number of hydrogen-bond donors (Lipinski definition) is 1. The molecule has 2 aromatic rings. The third kappa shape index (κ3) is 4.89. The van der Waals surface area contributed by atoms with Gasteiger partial charge >= 0.3 is 0 Å². The van der Waals surface area contributed by atoms with Gasteiger partial charge in [-0.25, -0.2) is 0 Å². The van der Waals surface area contributed by atoms with Crippen molar-refractivity contribution in [2.75, 3.05) is 32.7 Å². The lowest BCUT2D eigenvalue weighted by atomic mass is 10.3. The van der Waals surface area contributed by atoms with E-state index in [0.29, 0.717) is 13.1 Å². The fourth-order valence-electron chi connectivity index (χ4n) is 2.67. The minimum Gasteiger partial charge on any atom is -0.360 e. The number of hydrogen-bond acceptors (Lipinski definition) is 6. The van der Waals surface area contributed by atoms with Crippen LogP contribution in [0.2, 0.25) is 0 Å². The second kappa shape index (κ2) is 7.72. The van der Waals surface area contributed by atoms with Crippen LogP contribution in [0.4, 0.5) is 0 Å². The lowest BCUT2D eigenvalue weighted by Gasteiger charge is -2.33. The van der Waals surface area contributed by atoms with Crippen LogP contribution in [0.5, 0.6) is 0 Å². The normalized spacial score (nSPS) is 16.6. The van der Waals surface area contributed by atoms with Crippen molar-refractivity contribution in [2.45, 2.75) is 20.0 Å². The lowest BCUT2D eigenvalue weighted by Crippen LogP contribution is -2.49. The Bertz CT molecular complexity index is 618. The molecule has 3 heterocycles. The van der Waals surface area contributed by atoms with Gasteiger partial charge in [-0.15, -0.1) is 11.3 Å². The van der Waals surface area contributed by atoms with E-state index in [1.807, 2.05) is 30.5 Å². The quantitative estimate of drug-likeness (QED) is 0.867. The minimum absolute atomic E-state index is 0.0951. The second-order valence-corrected chi connectivity index (χ2v) is 6.88. The molecule has 0 atom stereocenters. The van der Waals surface area contributed by atoms with Gasteiger partial charge < -0.3 is 9.84 Å². The summed E-state index contributed by atoms with van der Waals surface area (Å²) in [5.41, 5.74) is 0.918. The summed E-state index contributed by atoms with van der Waals surface area (Å²) < 4.78 is 5.26. The number of carbonyl (C=O) groups excluding carboxylic acids is 1. The van der Waals surface area contributed by atoms with Crippen LogP contribution in [0, 0.1) is 6.92 Å². The van der Waals surface area contributed by atoms with E-state index in [0.717, 1.165) is 44.2 Å². The first-order chi connectivity index (χ1) is 11.2. The topological polar surface area (TPSA) is 61.6 Å². The highest BCUT2D eigenvalue weighted by atomic mass is 32.1. The summed E-state index contributed by atoms with van der Waals surface area (Å²) >= 11 is 1.66. The number of piperazine rings is 1. The van der Waals surface area contributed by atoms with Crippen molar-refractivity contribution in [1.29, 1.82) is 0 Å². The third-order valence-corrected chi connectivity index (χ3v) is 4.80. The molecule has 1 amide bonds. The summed E-state index contributed by atoms with van der Waals surface area (Å²) in [6.07, 6.45) is 0. The largest absolute Gasteiger partial charge is 0.360 e. The van der Waals surface area contributed by atoms with E-state index in [9.17, 15) is 4.79 Å². The van der Waals surface area contributed by atoms with E-state index in [1.54, 1.807) is 11.3 Å². The Balaban J connectivity index is 1.36. The van der Waals surface area contributed by atoms with Gasteiger partial charge in [0.1, 0.15) is 0 Å². The molecule has 23 heavy (non-hydrogen) atoms. The standard InChI is InChI=1S/C16H22N4O2S/c1-13-9-14(22-18-13)11-19-4-6-20(7-5-19)12-16(21)17-10-15-3-2-8-23-15/h2-3,8-9H,4-7,10-12H2,1H3,(H,17,21). The number of aryl methyl sites for hydroxylation is 1. The first kappa shape index (κ1) is 16.2. The van der Waals surface area contributed by atoms with Crippen LogP contribution in [0.3, 0.4) is 0 Å². The zero-order valence-electron chi connectivity index (χ0n) is 13.3. The van der Waals surface area contributed by atoms with Gasteiger partial charge in [-0.2, -0.15) is 0 Å². The number of aromatic nitrogens is 1. The second-order valence-electron chi connectivity index (χ2n) is 5.84. The number of nitrogens with one attached hydrogen (secondary N) is 1. The summed E-state index contributed by atoms with van der Waals surface area (Å²) in [5.74, 6) is 1.00. The van der Waals surface area contributed by atoms with E-state index in [-0.39, 0.29) is 5.91 Å². The smallest absolute Gasteiger partial charge is 0.234 e. The van der Waals surface area contributed by atoms with Crippen LogP contribution in [-0.4, -0.2) is 53.6 Å². The van der Waals surface area contributed by atoms with E-state index in [4.69, 9.17) is 4.52 Å². The summed E-state index contributed by atoms with van der Waals surface area (Å²) in [4.78, 5) is 17.7. The molecule has 1 N–H and O–H groups in total. The molecule has 0 radical (unpaired) electrons. The summed E-state index contributed by atoms with van der Waals surface area (Å²) in [6.45, 7) is 7.51. The van der Waals surface area contributed by atoms with Crippen molar-refractivity contribution in [3.8, 4) is 0 Å². The molecule has 0 saturated carbocycles. The van der Waals surface area contributed by atoms with Gasteiger partial charge in [0.2, 0.25) is 5.91 Å². The van der Waals surface area contributed by atoms with Crippen molar-refractivity contribution in [3.63, 3.8) is 0 Å². The van der Waals surface area contributed by atoms with Crippen LogP contribution in [0.25, 0.3) is 0 Å². The molecule has 3 rings (SSSR count). The van der Waals surface area contributed by atoms with Crippen LogP contribution < -0.4 is 5.32 Å². The SMILES string of the molecule is Cc1cc(CN2CCN(CC(=O)NCc3cccs3)CC2)on1. The highest BCUT2D eigenvalue weighted by molar-refractivity contribution is 7.09. The maximum Gasteiger partial charge on any atom is 0.234 e. The third-order valence-electron chi connectivity index (χ3n) is 3.93. The average Bonchev–Trinajstić information content (AvgIpc) is 3.19. The molecule has 7 heteroatoms. The molecule has 1 fully saturated rings. The lowest BCUT2D eigenvalue weighted by molar-refractivity contribution is -0.122. The molecular formula is C16H22N4O2S. The van der Waals surface area contributed by atoms with Gasteiger partial charge in [0, 0.05) is 37.1 Å². The molecular weight excluding hydrogens is 312 g/mol. The summed E-state index contributed by atoms with van der Waals surface area (Å²) in [5, 5.41) is 8.92. The van der Waals surface area contributed by atoms with Crippen LogP contribution >= 0.6 is 11.3 Å². The van der Waals surface area contributed by atoms with Crippen molar-refractivity contribution >= 4 is 17.2 Å². The molecule has 6 nitrogen and oxygen atoms in total. The minimum atomic E-state index is 0.0951. The highest BCUT2D eigenvalue weighted by Gasteiger charge is 2.20. The van der Waals surface area contributed by atoms with Gasteiger partial charge in [-0.3, -0.25) is 14.6 Å². The molecule has 1 aliphatic heterocycles. The first-order valence-corrected chi connectivity index (χ1v) is 8.73. The molecule has 0 bridgehead atoms. The fraction of sp³-hybridized carbons (Fsp3) is 0.500. The average molecular weight is 334 g/mol. The zero-order valence-corrected chi connectivity index (χ0v) is 14.1. The highest BCUT2D eigenvalue weighted by Crippen LogP contribution is 2.10. The molecule has 0 aromatic carbocycles. The Hall–Kier alpha value is -1.70. The number of nitrogens with zero attached hydrogens (tertiary/aromatic N) is 3. The Morgan fingerprint density at radius 3 is 2.78 bits per heavy atom. The van der Waals surface area contributed by atoms with Crippen LogP contribution in [0.15, 0.2) is 28.1 Å². The van der Waals surface area contributed by atoms with Gasteiger partial charge in [0.05, 0.1) is 25.3 Å². The maximum absolute atomic E-state index is 12.0. The molecule has 0 spiro atoms. The van der Waals surface area contributed by atoms with Crippen LogP contribution in [-0.2, 0) is 17.9 Å². The Kier molecular flexibility index (Phi) is 5.43. The monoisotopic (exact) mass is 334 g/mol. The van der Waals surface area contributed by atoms with Crippen molar-refractivity contribution in [2.24, 2.45) is 0 Å². The Labute approximate surface area is 140 Å². The van der Waals surface area contributed by atoms with Gasteiger partial charge in [-0.1, -0.05) is 11.2 Å². The van der Waals surface area contributed by atoms with Gasteiger partial charge in [0.15, 0.2) is 5.76 Å². The van der Waals surface area contributed by atoms with Crippen LogP contribution in [0.1, 0.15) is 16.3 Å². The fourth-order valence-corrected chi connectivity index (χ4v) is 3.32. The summed E-state index contributed by atoms with van der Waals surface area (Å²) in [6, 6.07) is 6.01. The molecule has 1 saturated heterocycles. The number of rotatable bonds is 6. The predicted molar refractivity (Wildman–Crippen MR) is 89.1 cm³/mol. The molecule has 124 valence electrons. The number of amides is 1. The van der Waals surface area contributed by atoms with E-state index in [2.05, 4.69) is 20.3 Å². The van der Waals surface area contributed by atoms with Gasteiger partial charge in [-0.05, 0) is 18.4 Å². The molecule has 0 unspecified atom stereocenters. The van der Waals surface area contributed by atoms with Gasteiger partial charge in [0.25, 0.3) is 0 Å². The number of thiophene rings is 1. The first-order valence-electron chi connectivity index (χ1n) is 7.85. The Morgan fingerprint density at radius 2 is 2.13 bits per heavy atom. The van der Waals surface area contributed by atoms with E-state index < -0.39 is 0 Å². The summed E-state index contributed by atoms with van der Waals surface area (Å²) in [7, 11) is 0. The molecule has 2 aromatic heterocycles. The van der Waals surface area contributed by atoms with Crippen molar-refractivity contribution in [1.82, 2.24) is 20.3 Å². The number of carbonyl (C=O) groups is 1. The van der Waals surface area contributed by atoms with E-state index in [1.165, 1.54) is 4.88 Å². The zero-order chi connectivity index (χ0) is 16.1. The Morgan fingerprint density at radius 1 is 1.35 bits per heavy atom. The predicted octanol–water partition coefficient (Wildman–Crippen LogP) is 1.48. The van der Waals surface area contributed by atoms with Crippen molar-refractivity contribution < 1.29 is 9.32 Å².